The fourth-order valence-electron chi connectivity index (χ4n) is 1.80. The van der Waals surface area contributed by atoms with E-state index in [2.05, 4.69) is 31.1 Å². The molecular weight excluding hydrogens is 212 g/mol. The zero-order valence-electron chi connectivity index (χ0n) is 10.6. The lowest BCUT2D eigenvalue weighted by molar-refractivity contribution is 0.163. The molecule has 1 unspecified atom stereocenters. The first-order valence-corrected chi connectivity index (χ1v) is 5.96. The van der Waals surface area contributed by atoms with E-state index in [1.54, 1.807) is 0 Å². The smallest absolute Gasteiger partial charge is 0.0914 e. The number of β-amino-alcohol motifs (C(OH)–C–C–N with tert-alkyl or cyclic N) is 1. The standard InChI is InChI=1S/C14H20N2O/c1-14(2,3)16-9-13(17)11-4-5-12-10(8-11)6-7-15-12/h4-8,13,15-17H,9H2,1-3H3. The lowest BCUT2D eigenvalue weighted by Crippen LogP contribution is -2.38. The normalized spacial score (nSPS) is 14.1. The van der Waals surface area contributed by atoms with Crippen LogP contribution in [0.2, 0.25) is 0 Å². The van der Waals surface area contributed by atoms with Crippen LogP contribution in [-0.2, 0) is 0 Å². The molecule has 0 aliphatic rings. The van der Waals surface area contributed by atoms with E-state index < -0.39 is 6.10 Å². The first-order chi connectivity index (χ1) is 7.96. The molecule has 3 nitrogen and oxygen atoms in total. The molecular formula is C14H20N2O. The van der Waals surface area contributed by atoms with Crippen molar-refractivity contribution >= 4 is 10.9 Å². The molecule has 0 spiro atoms. The summed E-state index contributed by atoms with van der Waals surface area (Å²) in [6, 6.07) is 8.02. The fraction of sp³-hybridized carbons (Fsp3) is 0.429. The summed E-state index contributed by atoms with van der Waals surface area (Å²) < 4.78 is 0. The van der Waals surface area contributed by atoms with Gasteiger partial charge in [-0.15, -0.1) is 0 Å². The van der Waals surface area contributed by atoms with Gasteiger partial charge >= 0.3 is 0 Å². The van der Waals surface area contributed by atoms with Crippen molar-refractivity contribution in [3.05, 3.63) is 36.0 Å². The van der Waals surface area contributed by atoms with Crippen LogP contribution in [0, 0.1) is 0 Å². The van der Waals surface area contributed by atoms with Crippen molar-refractivity contribution < 1.29 is 5.11 Å². The van der Waals surface area contributed by atoms with Gasteiger partial charge in [-0.2, -0.15) is 0 Å². The molecule has 0 fully saturated rings. The molecule has 92 valence electrons. The van der Waals surface area contributed by atoms with Gasteiger partial charge in [-0.05, 0) is 49.9 Å². The van der Waals surface area contributed by atoms with Crippen molar-refractivity contribution in [3.63, 3.8) is 0 Å². The van der Waals surface area contributed by atoms with Gasteiger partial charge in [0.1, 0.15) is 0 Å². The lowest BCUT2D eigenvalue weighted by Gasteiger charge is -2.23. The van der Waals surface area contributed by atoms with Crippen LogP contribution in [0.15, 0.2) is 30.5 Å². The molecule has 0 bridgehead atoms. The molecule has 17 heavy (non-hydrogen) atoms. The van der Waals surface area contributed by atoms with Gasteiger partial charge in [0, 0.05) is 23.8 Å². The summed E-state index contributed by atoms with van der Waals surface area (Å²) in [5.41, 5.74) is 2.08. The molecule has 2 rings (SSSR count). The van der Waals surface area contributed by atoms with E-state index in [-0.39, 0.29) is 5.54 Å². The SMILES string of the molecule is CC(C)(C)NCC(O)c1ccc2[nH]ccc2c1. The van der Waals surface area contributed by atoms with Crippen LogP contribution in [0.1, 0.15) is 32.4 Å². The quantitative estimate of drug-likeness (QED) is 0.761. The molecule has 0 aliphatic carbocycles. The van der Waals surface area contributed by atoms with Gasteiger partial charge in [0.15, 0.2) is 0 Å². The molecule has 0 amide bonds. The second-order valence-electron chi connectivity index (χ2n) is 5.47. The Morgan fingerprint density at radius 2 is 2.06 bits per heavy atom. The Bertz CT molecular complexity index is 496. The molecule has 1 aromatic heterocycles. The molecule has 0 saturated heterocycles. The number of aliphatic hydroxyl groups is 1. The number of nitrogens with one attached hydrogen (secondary N) is 2. The summed E-state index contributed by atoms with van der Waals surface area (Å²) in [6.45, 7) is 6.85. The summed E-state index contributed by atoms with van der Waals surface area (Å²) in [7, 11) is 0. The van der Waals surface area contributed by atoms with Crippen molar-refractivity contribution in [1.29, 1.82) is 0 Å². The Balaban J connectivity index is 2.10. The average molecular weight is 232 g/mol. The van der Waals surface area contributed by atoms with Crippen LogP contribution in [-0.4, -0.2) is 22.2 Å². The highest BCUT2D eigenvalue weighted by Gasteiger charge is 2.13. The number of aromatic nitrogens is 1. The number of benzene rings is 1. The predicted molar refractivity (Wildman–Crippen MR) is 71.0 cm³/mol. The maximum Gasteiger partial charge on any atom is 0.0914 e. The van der Waals surface area contributed by atoms with E-state index >= 15 is 0 Å². The van der Waals surface area contributed by atoms with E-state index in [9.17, 15) is 5.11 Å². The number of aliphatic hydroxyl groups excluding tert-OH is 1. The first kappa shape index (κ1) is 12.1. The van der Waals surface area contributed by atoms with E-state index in [1.165, 1.54) is 0 Å². The maximum absolute atomic E-state index is 10.1. The van der Waals surface area contributed by atoms with E-state index in [0.29, 0.717) is 6.54 Å². The van der Waals surface area contributed by atoms with Gasteiger partial charge in [-0.3, -0.25) is 0 Å². The van der Waals surface area contributed by atoms with Crippen LogP contribution >= 0.6 is 0 Å². The highest BCUT2D eigenvalue weighted by molar-refractivity contribution is 5.80. The molecule has 1 atom stereocenters. The van der Waals surface area contributed by atoms with Crippen LogP contribution in [0.4, 0.5) is 0 Å². The molecule has 3 N–H and O–H groups in total. The van der Waals surface area contributed by atoms with Crippen molar-refractivity contribution in [2.75, 3.05) is 6.54 Å². The summed E-state index contributed by atoms with van der Waals surface area (Å²) in [6.07, 6.45) is 1.45. The van der Waals surface area contributed by atoms with Crippen molar-refractivity contribution in [1.82, 2.24) is 10.3 Å². The van der Waals surface area contributed by atoms with Gasteiger partial charge in [0.25, 0.3) is 0 Å². The Labute approximate surface area is 102 Å². The van der Waals surface area contributed by atoms with Crippen LogP contribution < -0.4 is 5.32 Å². The molecule has 1 aromatic carbocycles. The minimum Gasteiger partial charge on any atom is -0.387 e. The second-order valence-corrected chi connectivity index (χ2v) is 5.47. The molecule has 1 heterocycles. The Morgan fingerprint density at radius 3 is 2.76 bits per heavy atom. The van der Waals surface area contributed by atoms with E-state index in [1.807, 2.05) is 30.5 Å². The summed E-state index contributed by atoms with van der Waals surface area (Å²) >= 11 is 0. The second kappa shape index (κ2) is 4.51. The third-order valence-electron chi connectivity index (χ3n) is 2.79. The minimum atomic E-state index is -0.464. The highest BCUT2D eigenvalue weighted by atomic mass is 16.3. The Kier molecular flexibility index (Phi) is 3.22. The Hall–Kier alpha value is -1.32. The van der Waals surface area contributed by atoms with Crippen molar-refractivity contribution in [3.8, 4) is 0 Å². The molecule has 3 heteroatoms. The Morgan fingerprint density at radius 1 is 1.29 bits per heavy atom. The van der Waals surface area contributed by atoms with E-state index in [0.717, 1.165) is 16.5 Å². The lowest BCUT2D eigenvalue weighted by atomic mass is 10.0. The van der Waals surface area contributed by atoms with Crippen LogP contribution in [0.5, 0.6) is 0 Å². The van der Waals surface area contributed by atoms with E-state index in [4.69, 9.17) is 0 Å². The highest BCUT2D eigenvalue weighted by Crippen LogP contribution is 2.19. The van der Waals surface area contributed by atoms with Crippen molar-refractivity contribution in [2.24, 2.45) is 0 Å². The number of aromatic amines is 1. The largest absolute Gasteiger partial charge is 0.387 e. The van der Waals surface area contributed by atoms with Crippen LogP contribution in [0.3, 0.4) is 0 Å². The number of fused-ring (bicyclic) bond motifs is 1. The number of H-pyrrole nitrogens is 1. The predicted octanol–water partition coefficient (Wildman–Crippen LogP) is 2.59. The van der Waals surface area contributed by atoms with Gasteiger partial charge in [-0.1, -0.05) is 6.07 Å². The fourth-order valence-corrected chi connectivity index (χ4v) is 1.80. The summed E-state index contributed by atoms with van der Waals surface area (Å²) in [5.74, 6) is 0. The topological polar surface area (TPSA) is 48.0 Å². The molecule has 0 saturated carbocycles. The molecule has 2 aromatic rings. The van der Waals surface area contributed by atoms with Gasteiger partial charge in [0.2, 0.25) is 0 Å². The summed E-state index contributed by atoms with van der Waals surface area (Å²) in [5, 5.41) is 14.5. The van der Waals surface area contributed by atoms with Crippen molar-refractivity contribution in [2.45, 2.75) is 32.4 Å². The third kappa shape index (κ3) is 3.08. The molecule has 0 radical (unpaired) electrons. The zero-order chi connectivity index (χ0) is 12.5. The monoisotopic (exact) mass is 232 g/mol. The van der Waals surface area contributed by atoms with Gasteiger partial charge < -0.3 is 15.4 Å². The first-order valence-electron chi connectivity index (χ1n) is 5.96. The number of hydrogen-bond acceptors (Lipinski definition) is 2. The van der Waals surface area contributed by atoms with Gasteiger partial charge in [-0.25, -0.2) is 0 Å². The maximum atomic E-state index is 10.1. The minimum absolute atomic E-state index is 0.0270. The summed E-state index contributed by atoms with van der Waals surface area (Å²) in [4.78, 5) is 3.14. The third-order valence-corrected chi connectivity index (χ3v) is 2.79. The van der Waals surface area contributed by atoms with Crippen LogP contribution in [0.25, 0.3) is 10.9 Å². The zero-order valence-corrected chi connectivity index (χ0v) is 10.6. The number of hydrogen-bond donors (Lipinski definition) is 3. The number of rotatable bonds is 3. The van der Waals surface area contributed by atoms with Gasteiger partial charge in [0.05, 0.1) is 6.10 Å². The molecule has 0 aliphatic heterocycles. The average Bonchev–Trinajstić information content (AvgIpc) is 2.71.